The van der Waals surface area contributed by atoms with Gasteiger partial charge in [-0.05, 0) is 6.42 Å². The smallest absolute Gasteiger partial charge is 0.324 e. The molecule has 2 aliphatic rings. The molecule has 1 atom stereocenters. The van der Waals surface area contributed by atoms with Gasteiger partial charge in [0.2, 0.25) is 11.8 Å². The quantitative estimate of drug-likeness (QED) is 0.719. The van der Waals surface area contributed by atoms with Crippen LogP contribution < -0.4 is 5.32 Å². The van der Waals surface area contributed by atoms with Crippen LogP contribution in [0.4, 0.5) is 4.79 Å². The first kappa shape index (κ1) is 14.3. The van der Waals surface area contributed by atoms with E-state index in [1.54, 1.807) is 4.90 Å². The molecule has 0 saturated carbocycles. The minimum absolute atomic E-state index is 0.0381. The summed E-state index contributed by atoms with van der Waals surface area (Å²) < 4.78 is 0. The number of rotatable bonds is 3. The van der Waals surface area contributed by atoms with Crippen molar-refractivity contribution in [3.8, 4) is 0 Å². The SMILES string of the molecule is O=C(O)CCC(=O)NC(=O)N1CCN2C(=O)CCC2C1. The number of aliphatic carboxylic acids is 1. The third kappa shape index (κ3) is 3.25. The molecule has 2 heterocycles. The summed E-state index contributed by atoms with van der Waals surface area (Å²) in [7, 11) is 0. The molecule has 1 unspecified atom stereocenters. The lowest BCUT2D eigenvalue weighted by molar-refractivity contribution is -0.138. The standard InChI is InChI=1S/C12H17N3O5/c16-9(2-4-11(18)19)13-12(20)14-5-6-15-8(7-14)1-3-10(15)17/h8H,1-7H2,(H,18,19)(H,13,16,20). The van der Waals surface area contributed by atoms with Gasteiger partial charge >= 0.3 is 12.0 Å². The number of imide groups is 1. The van der Waals surface area contributed by atoms with Crippen LogP contribution in [0.2, 0.25) is 0 Å². The predicted molar refractivity (Wildman–Crippen MR) is 66.7 cm³/mol. The van der Waals surface area contributed by atoms with E-state index < -0.39 is 17.9 Å². The van der Waals surface area contributed by atoms with E-state index in [0.717, 1.165) is 6.42 Å². The van der Waals surface area contributed by atoms with Gasteiger partial charge in [0.05, 0.1) is 6.42 Å². The van der Waals surface area contributed by atoms with E-state index in [4.69, 9.17) is 5.11 Å². The summed E-state index contributed by atoms with van der Waals surface area (Å²) in [6, 6.07) is -0.476. The van der Waals surface area contributed by atoms with Gasteiger partial charge < -0.3 is 14.9 Å². The maximum absolute atomic E-state index is 11.9. The average molecular weight is 283 g/mol. The van der Waals surface area contributed by atoms with Crippen LogP contribution in [0.25, 0.3) is 0 Å². The van der Waals surface area contributed by atoms with Crippen molar-refractivity contribution in [2.24, 2.45) is 0 Å². The molecule has 2 fully saturated rings. The summed E-state index contributed by atoms with van der Waals surface area (Å²) in [5, 5.41) is 10.6. The second-order valence-corrected chi connectivity index (χ2v) is 4.97. The maximum Gasteiger partial charge on any atom is 0.324 e. The van der Waals surface area contributed by atoms with Gasteiger partial charge in [-0.25, -0.2) is 4.79 Å². The molecule has 110 valence electrons. The van der Waals surface area contributed by atoms with E-state index in [9.17, 15) is 19.2 Å². The van der Waals surface area contributed by atoms with Gasteiger partial charge in [0, 0.05) is 38.5 Å². The Labute approximate surface area is 115 Å². The molecule has 2 aliphatic heterocycles. The summed E-state index contributed by atoms with van der Waals surface area (Å²) in [4.78, 5) is 48.4. The number of hydrogen-bond acceptors (Lipinski definition) is 4. The first-order chi connectivity index (χ1) is 9.47. The zero-order valence-corrected chi connectivity index (χ0v) is 11.0. The number of nitrogens with one attached hydrogen (secondary N) is 1. The molecular formula is C12H17N3O5. The number of nitrogens with zero attached hydrogens (tertiary/aromatic N) is 2. The fourth-order valence-corrected chi connectivity index (χ4v) is 2.53. The number of piperazine rings is 1. The molecule has 4 amide bonds. The van der Waals surface area contributed by atoms with Gasteiger partial charge in [0.1, 0.15) is 0 Å². The molecular weight excluding hydrogens is 266 g/mol. The van der Waals surface area contributed by atoms with Crippen molar-refractivity contribution in [1.82, 2.24) is 15.1 Å². The van der Waals surface area contributed by atoms with Crippen LogP contribution >= 0.6 is 0 Å². The number of carboxylic acid groups (broad SMARTS) is 1. The van der Waals surface area contributed by atoms with Crippen molar-refractivity contribution >= 4 is 23.8 Å². The second-order valence-electron chi connectivity index (χ2n) is 4.97. The topological polar surface area (TPSA) is 107 Å². The molecule has 2 saturated heterocycles. The lowest BCUT2D eigenvalue weighted by Gasteiger charge is -2.37. The van der Waals surface area contributed by atoms with E-state index in [1.807, 2.05) is 0 Å². The van der Waals surface area contributed by atoms with Crippen LogP contribution in [0.1, 0.15) is 25.7 Å². The monoisotopic (exact) mass is 283 g/mol. The Morgan fingerprint density at radius 3 is 2.70 bits per heavy atom. The van der Waals surface area contributed by atoms with Gasteiger partial charge in [0.15, 0.2) is 0 Å². The minimum Gasteiger partial charge on any atom is -0.481 e. The molecule has 2 rings (SSSR count). The van der Waals surface area contributed by atoms with Crippen LogP contribution in [0.5, 0.6) is 0 Å². The van der Waals surface area contributed by atoms with Crippen LogP contribution in [0.15, 0.2) is 0 Å². The maximum atomic E-state index is 11.9. The molecule has 0 aromatic rings. The van der Waals surface area contributed by atoms with Gasteiger partial charge in [-0.3, -0.25) is 19.7 Å². The fraction of sp³-hybridized carbons (Fsp3) is 0.667. The number of carboxylic acids is 1. The molecule has 20 heavy (non-hydrogen) atoms. The van der Waals surface area contributed by atoms with Gasteiger partial charge in [-0.1, -0.05) is 0 Å². The number of hydrogen-bond donors (Lipinski definition) is 2. The fourth-order valence-electron chi connectivity index (χ4n) is 2.53. The summed E-state index contributed by atoms with van der Waals surface area (Å²) in [6.07, 6.45) is 0.722. The molecule has 0 aliphatic carbocycles. The molecule has 0 aromatic carbocycles. The van der Waals surface area contributed by atoms with Crippen molar-refractivity contribution in [3.63, 3.8) is 0 Å². The Kier molecular flexibility index (Phi) is 4.21. The van der Waals surface area contributed by atoms with Crippen LogP contribution in [0, 0.1) is 0 Å². The van der Waals surface area contributed by atoms with E-state index in [1.165, 1.54) is 4.90 Å². The Hall–Kier alpha value is -2.12. The molecule has 0 aromatic heterocycles. The van der Waals surface area contributed by atoms with Crippen molar-refractivity contribution in [2.45, 2.75) is 31.7 Å². The Morgan fingerprint density at radius 2 is 2.00 bits per heavy atom. The number of amides is 4. The number of carbonyl (C=O) groups is 4. The highest BCUT2D eigenvalue weighted by Crippen LogP contribution is 2.22. The lowest BCUT2D eigenvalue weighted by atomic mass is 10.1. The first-order valence-corrected chi connectivity index (χ1v) is 6.57. The molecule has 0 radical (unpaired) electrons. The van der Waals surface area contributed by atoms with Crippen molar-refractivity contribution < 1.29 is 24.3 Å². The molecule has 2 N–H and O–H groups in total. The normalized spacial score (nSPS) is 21.6. The molecule has 0 bridgehead atoms. The largest absolute Gasteiger partial charge is 0.481 e. The highest BCUT2D eigenvalue weighted by Gasteiger charge is 2.37. The summed E-state index contributed by atoms with van der Waals surface area (Å²) in [6.45, 7) is 1.30. The zero-order valence-electron chi connectivity index (χ0n) is 11.0. The molecule has 0 spiro atoms. The highest BCUT2D eigenvalue weighted by atomic mass is 16.4. The second kappa shape index (κ2) is 5.89. The van der Waals surface area contributed by atoms with Gasteiger partial charge in [-0.2, -0.15) is 0 Å². The highest BCUT2D eigenvalue weighted by molar-refractivity contribution is 5.95. The summed E-state index contributed by atoms with van der Waals surface area (Å²) in [5.74, 6) is -1.55. The number of fused-ring (bicyclic) bond motifs is 1. The van der Waals surface area contributed by atoms with E-state index >= 15 is 0 Å². The van der Waals surface area contributed by atoms with Gasteiger partial charge in [-0.15, -0.1) is 0 Å². The Morgan fingerprint density at radius 1 is 1.25 bits per heavy atom. The van der Waals surface area contributed by atoms with Crippen molar-refractivity contribution in [2.75, 3.05) is 19.6 Å². The van der Waals surface area contributed by atoms with Crippen molar-refractivity contribution in [1.29, 1.82) is 0 Å². The van der Waals surface area contributed by atoms with Crippen LogP contribution in [-0.4, -0.2) is 64.4 Å². The predicted octanol–water partition coefficient (Wildman–Crippen LogP) is -0.606. The van der Waals surface area contributed by atoms with E-state index in [0.29, 0.717) is 26.1 Å². The first-order valence-electron chi connectivity index (χ1n) is 6.57. The zero-order chi connectivity index (χ0) is 14.7. The molecule has 8 nitrogen and oxygen atoms in total. The Bertz CT molecular complexity index is 450. The summed E-state index contributed by atoms with van der Waals surface area (Å²) in [5.41, 5.74) is 0. The molecule has 8 heteroatoms. The minimum atomic E-state index is -1.08. The van der Waals surface area contributed by atoms with Crippen LogP contribution in [0.3, 0.4) is 0 Å². The third-order valence-corrected chi connectivity index (χ3v) is 3.59. The summed E-state index contributed by atoms with van der Waals surface area (Å²) >= 11 is 0. The van der Waals surface area contributed by atoms with Crippen molar-refractivity contribution in [3.05, 3.63) is 0 Å². The van der Waals surface area contributed by atoms with Crippen LogP contribution in [-0.2, 0) is 14.4 Å². The lowest BCUT2D eigenvalue weighted by Crippen LogP contribution is -2.56. The number of urea groups is 1. The average Bonchev–Trinajstić information content (AvgIpc) is 2.77. The van der Waals surface area contributed by atoms with E-state index in [-0.39, 0.29) is 24.8 Å². The van der Waals surface area contributed by atoms with Gasteiger partial charge in [0.25, 0.3) is 0 Å². The third-order valence-electron chi connectivity index (χ3n) is 3.59. The number of carbonyl (C=O) groups excluding carboxylic acids is 3. The Balaban J connectivity index is 1.80. The van der Waals surface area contributed by atoms with E-state index in [2.05, 4.69) is 5.32 Å².